The van der Waals surface area contributed by atoms with Crippen molar-refractivity contribution in [1.82, 2.24) is 4.57 Å². The fourth-order valence-corrected chi connectivity index (χ4v) is 4.77. The number of ether oxygens (including phenoxy) is 1. The van der Waals surface area contributed by atoms with Gasteiger partial charge in [-0.05, 0) is 55.3 Å². The highest BCUT2D eigenvalue weighted by Crippen LogP contribution is 2.23. The zero-order valence-electron chi connectivity index (χ0n) is 18.4. The SMILES string of the molecule is CCOC(=O)Cn1c(=NC(=O)c2ccc(N3C(=O)CCC3=O)cc2)sc2cc(CC)ccc21. The van der Waals surface area contributed by atoms with Crippen LogP contribution in [0, 0.1) is 0 Å². The molecule has 0 radical (unpaired) electrons. The van der Waals surface area contributed by atoms with Crippen LogP contribution in [-0.2, 0) is 32.1 Å². The zero-order chi connectivity index (χ0) is 23.5. The van der Waals surface area contributed by atoms with Gasteiger partial charge in [-0.15, -0.1) is 0 Å². The van der Waals surface area contributed by atoms with Crippen molar-refractivity contribution in [2.24, 2.45) is 4.99 Å². The van der Waals surface area contributed by atoms with Crippen LogP contribution in [0.3, 0.4) is 0 Å². The molecule has 3 amide bonds. The van der Waals surface area contributed by atoms with Crippen LogP contribution in [-0.4, -0.2) is 34.9 Å². The first-order valence-electron chi connectivity index (χ1n) is 10.7. The Morgan fingerprint density at radius 2 is 1.73 bits per heavy atom. The van der Waals surface area contributed by atoms with E-state index >= 15 is 0 Å². The highest BCUT2D eigenvalue weighted by atomic mass is 32.1. The molecule has 3 aromatic rings. The van der Waals surface area contributed by atoms with Gasteiger partial charge in [0.1, 0.15) is 6.54 Å². The Kier molecular flexibility index (Phi) is 6.50. The maximum absolute atomic E-state index is 12.9. The van der Waals surface area contributed by atoms with Gasteiger partial charge in [0.2, 0.25) is 11.8 Å². The summed E-state index contributed by atoms with van der Waals surface area (Å²) in [7, 11) is 0. The number of benzene rings is 2. The minimum Gasteiger partial charge on any atom is -0.465 e. The van der Waals surface area contributed by atoms with Gasteiger partial charge in [0.25, 0.3) is 5.91 Å². The van der Waals surface area contributed by atoms with Crippen molar-refractivity contribution in [3.63, 3.8) is 0 Å². The van der Waals surface area contributed by atoms with E-state index in [1.165, 1.54) is 23.5 Å². The summed E-state index contributed by atoms with van der Waals surface area (Å²) < 4.78 is 7.70. The molecule has 1 aliphatic rings. The molecule has 2 aromatic carbocycles. The number of fused-ring (bicyclic) bond motifs is 1. The van der Waals surface area contributed by atoms with Crippen LogP contribution in [0.4, 0.5) is 5.69 Å². The summed E-state index contributed by atoms with van der Waals surface area (Å²) in [5, 5.41) is 0. The molecule has 1 aromatic heterocycles. The van der Waals surface area contributed by atoms with Crippen molar-refractivity contribution in [3.05, 3.63) is 58.4 Å². The maximum Gasteiger partial charge on any atom is 0.326 e. The molecule has 0 N–H and O–H groups in total. The molecule has 170 valence electrons. The summed E-state index contributed by atoms with van der Waals surface area (Å²) in [6.07, 6.45) is 1.26. The predicted octanol–water partition coefficient (Wildman–Crippen LogP) is 3.22. The smallest absolute Gasteiger partial charge is 0.326 e. The van der Waals surface area contributed by atoms with Crippen LogP contribution in [0.15, 0.2) is 47.5 Å². The standard InChI is InChI=1S/C24H23N3O5S/c1-3-15-5-10-18-19(13-15)33-24(26(18)14-22(30)32-4-2)25-23(31)16-6-8-17(9-7-16)27-20(28)11-12-21(27)29/h5-10,13H,3-4,11-12,14H2,1-2H3. The third-order valence-corrected chi connectivity index (χ3v) is 6.41. The molecule has 33 heavy (non-hydrogen) atoms. The first kappa shape index (κ1) is 22.6. The number of esters is 1. The quantitative estimate of drug-likeness (QED) is 0.411. The highest BCUT2D eigenvalue weighted by Gasteiger charge is 2.30. The lowest BCUT2D eigenvalue weighted by atomic mass is 10.2. The normalized spacial score (nSPS) is 14.4. The molecule has 8 nitrogen and oxygen atoms in total. The van der Waals surface area contributed by atoms with Gasteiger partial charge in [0.05, 0.1) is 22.5 Å². The van der Waals surface area contributed by atoms with Crippen molar-refractivity contribution in [2.45, 2.75) is 39.7 Å². The van der Waals surface area contributed by atoms with E-state index in [-0.39, 0.29) is 37.8 Å². The molecule has 9 heteroatoms. The first-order chi connectivity index (χ1) is 15.9. The van der Waals surface area contributed by atoms with Gasteiger partial charge < -0.3 is 9.30 Å². The molecule has 0 spiro atoms. The predicted molar refractivity (Wildman–Crippen MR) is 124 cm³/mol. The summed E-state index contributed by atoms with van der Waals surface area (Å²) in [5.74, 6) is -1.39. The average Bonchev–Trinajstić information content (AvgIpc) is 3.32. The van der Waals surface area contributed by atoms with Crippen LogP contribution in [0.2, 0.25) is 0 Å². The van der Waals surface area contributed by atoms with Gasteiger partial charge in [0, 0.05) is 18.4 Å². The van der Waals surface area contributed by atoms with Crippen molar-refractivity contribution in [1.29, 1.82) is 0 Å². The molecule has 0 atom stereocenters. The zero-order valence-corrected chi connectivity index (χ0v) is 19.2. The van der Waals surface area contributed by atoms with Crippen LogP contribution in [0.1, 0.15) is 42.6 Å². The Labute approximate surface area is 194 Å². The lowest BCUT2D eigenvalue weighted by Crippen LogP contribution is -2.28. The Balaban J connectivity index is 1.69. The van der Waals surface area contributed by atoms with Gasteiger partial charge in [-0.1, -0.05) is 24.3 Å². The monoisotopic (exact) mass is 465 g/mol. The molecule has 0 unspecified atom stereocenters. The lowest BCUT2D eigenvalue weighted by Gasteiger charge is -2.13. The largest absolute Gasteiger partial charge is 0.465 e. The molecule has 1 aliphatic heterocycles. The molecule has 4 rings (SSSR count). The van der Waals surface area contributed by atoms with E-state index in [1.54, 1.807) is 23.6 Å². The highest BCUT2D eigenvalue weighted by molar-refractivity contribution is 7.16. The van der Waals surface area contributed by atoms with Gasteiger partial charge in [-0.25, -0.2) is 0 Å². The van der Waals surface area contributed by atoms with Crippen LogP contribution in [0.5, 0.6) is 0 Å². The molecule has 0 bridgehead atoms. The minimum absolute atomic E-state index is 0.0520. The summed E-state index contributed by atoms with van der Waals surface area (Å²) in [5.41, 5.74) is 2.70. The minimum atomic E-state index is -0.486. The second-order valence-electron chi connectivity index (χ2n) is 7.52. The van der Waals surface area contributed by atoms with Crippen molar-refractivity contribution < 1.29 is 23.9 Å². The van der Waals surface area contributed by atoms with Crippen molar-refractivity contribution in [3.8, 4) is 0 Å². The molecule has 0 aliphatic carbocycles. The second-order valence-corrected chi connectivity index (χ2v) is 8.53. The van der Waals surface area contributed by atoms with Crippen LogP contribution >= 0.6 is 11.3 Å². The Bertz CT molecular complexity index is 1300. The first-order valence-corrected chi connectivity index (χ1v) is 11.6. The number of thiazole rings is 1. The number of amides is 3. The summed E-state index contributed by atoms with van der Waals surface area (Å²) in [6, 6.07) is 12.2. The number of hydrogen-bond donors (Lipinski definition) is 0. The van der Waals surface area contributed by atoms with E-state index in [4.69, 9.17) is 4.74 Å². The van der Waals surface area contributed by atoms with Crippen molar-refractivity contribution >= 4 is 50.9 Å². The number of nitrogens with zero attached hydrogens (tertiary/aromatic N) is 3. The number of carbonyl (C=O) groups is 4. The van der Waals surface area contributed by atoms with E-state index in [9.17, 15) is 19.2 Å². The maximum atomic E-state index is 12.9. The molecule has 1 saturated heterocycles. The fourth-order valence-electron chi connectivity index (χ4n) is 3.68. The molecule has 0 saturated carbocycles. The number of hydrogen-bond acceptors (Lipinski definition) is 6. The van der Waals surface area contributed by atoms with Gasteiger partial charge in [-0.3, -0.25) is 24.1 Å². The van der Waals surface area contributed by atoms with E-state index in [0.717, 1.165) is 27.1 Å². The van der Waals surface area contributed by atoms with Gasteiger partial charge in [0.15, 0.2) is 4.80 Å². The van der Waals surface area contributed by atoms with Crippen LogP contribution < -0.4 is 9.70 Å². The van der Waals surface area contributed by atoms with Crippen LogP contribution in [0.25, 0.3) is 10.2 Å². The fraction of sp³-hybridized carbons (Fsp3) is 0.292. The third-order valence-electron chi connectivity index (χ3n) is 5.37. The number of imide groups is 1. The number of rotatable bonds is 6. The van der Waals surface area contributed by atoms with E-state index < -0.39 is 11.9 Å². The van der Waals surface area contributed by atoms with Gasteiger partial charge in [-0.2, -0.15) is 4.99 Å². The number of aryl methyl sites for hydroxylation is 1. The number of aromatic nitrogens is 1. The van der Waals surface area contributed by atoms with E-state index in [2.05, 4.69) is 11.9 Å². The number of carbonyl (C=O) groups excluding carboxylic acids is 4. The summed E-state index contributed by atoms with van der Waals surface area (Å²) in [4.78, 5) is 54.7. The Morgan fingerprint density at radius 3 is 2.36 bits per heavy atom. The Hall–Kier alpha value is -3.59. The van der Waals surface area contributed by atoms with E-state index in [1.807, 2.05) is 18.2 Å². The molecular formula is C24H23N3O5S. The molecule has 1 fully saturated rings. The molecular weight excluding hydrogens is 442 g/mol. The van der Waals surface area contributed by atoms with Crippen molar-refractivity contribution in [2.75, 3.05) is 11.5 Å². The second kappa shape index (κ2) is 9.50. The lowest BCUT2D eigenvalue weighted by molar-refractivity contribution is -0.143. The number of anilines is 1. The van der Waals surface area contributed by atoms with E-state index in [0.29, 0.717) is 16.1 Å². The molecule has 2 heterocycles. The summed E-state index contributed by atoms with van der Waals surface area (Å²) in [6.45, 7) is 4.01. The third kappa shape index (κ3) is 4.63. The topological polar surface area (TPSA) is 98.0 Å². The Morgan fingerprint density at radius 1 is 1.03 bits per heavy atom. The van der Waals surface area contributed by atoms with Gasteiger partial charge >= 0.3 is 5.97 Å². The average molecular weight is 466 g/mol. The summed E-state index contributed by atoms with van der Waals surface area (Å²) >= 11 is 1.33.